The summed E-state index contributed by atoms with van der Waals surface area (Å²) in [6, 6.07) is 2.81. The van der Waals surface area contributed by atoms with Crippen LogP contribution in [0, 0.1) is 0 Å². The third kappa shape index (κ3) is 1.27. The van der Waals surface area contributed by atoms with Crippen LogP contribution in [-0.2, 0) is 0 Å². The minimum atomic E-state index is 0.484. The number of fused-ring (bicyclic) bond motifs is 2. The molecule has 2 heteroatoms. The van der Waals surface area contributed by atoms with Crippen molar-refractivity contribution in [3.8, 4) is 0 Å². The first-order valence-corrected chi connectivity index (χ1v) is 5.21. The lowest BCUT2D eigenvalue weighted by molar-refractivity contribution is 0.0938. The van der Waals surface area contributed by atoms with E-state index >= 15 is 0 Å². The Morgan fingerprint density at radius 2 is 1.67 bits per heavy atom. The van der Waals surface area contributed by atoms with E-state index in [2.05, 4.69) is 18.7 Å². The molecule has 2 aliphatic heterocycles. The second kappa shape index (κ2) is 3.00. The molecule has 0 radical (unpaired) electrons. The fourth-order valence-electron chi connectivity index (χ4n) is 3.10. The summed E-state index contributed by atoms with van der Waals surface area (Å²) < 4.78 is 0. The molecule has 0 aromatic rings. The van der Waals surface area contributed by atoms with Gasteiger partial charge < -0.3 is 5.73 Å². The van der Waals surface area contributed by atoms with Gasteiger partial charge in [-0.3, -0.25) is 4.90 Å². The normalized spacial score (nSPS) is 42.5. The molecule has 0 amide bonds. The highest BCUT2D eigenvalue weighted by molar-refractivity contribution is 4.97. The molecule has 2 aliphatic rings. The van der Waals surface area contributed by atoms with Crippen molar-refractivity contribution in [2.45, 2.75) is 63.7 Å². The molecule has 2 bridgehead atoms. The predicted octanol–water partition coefficient (Wildman–Crippen LogP) is 1.35. The molecule has 2 nitrogen and oxygen atoms in total. The van der Waals surface area contributed by atoms with Crippen molar-refractivity contribution in [2.75, 3.05) is 0 Å². The van der Waals surface area contributed by atoms with Gasteiger partial charge in [-0.15, -0.1) is 0 Å². The van der Waals surface area contributed by atoms with E-state index in [-0.39, 0.29) is 0 Å². The monoisotopic (exact) mass is 168 g/mol. The van der Waals surface area contributed by atoms with Crippen molar-refractivity contribution in [3.05, 3.63) is 0 Å². The Kier molecular flexibility index (Phi) is 2.13. The molecule has 0 unspecified atom stereocenters. The van der Waals surface area contributed by atoms with E-state index in [0.29, 0.717) is 6.04 Å². The summed E-state index contributed by atoms with van der Waals surface area (Å²) in [6.45, 7) is 4.62. The Balaban J connectivity index is 2.09. The average molecular weight is 168 g/mol. The van der Waals surface area contributed by atoms with E-state index in [0.717, 1.165) is 18.1 Å². The standard InChI is InChI=1S/C10H20N2/c1-7(2)12-9-3-4-10(12)6-8(11)5-9/h7-10H,3-6,11H2,1-2H3/t9-,10-/m0/s1. The maximum Gasteiger partial charge on any atom is 0.0116 e. The summed E-state index contributed by atoms with van der Waals surface area (Å²) in [5.74, 6) is 0. The molecule has 2 fully saturated rings. The van der Waals surface area contributed by atoms with Crippen LogP contribution in [0.4, 0.5) is 0 Å². The van der Waals surface area contributed by atoms with E-state index in [1.807, 2.05) is 0 Å². The maximum absolute atomic E-state index is 5.99. The third-order valence-electron chi connectivity index (χ3n) is 3.42. The number of nitrogens with zero attached hydrogens (tertiary/aromatic N) is 1. The van der Waals surface area contributed by atoms with Crippen molar-refractivity contribution in [2.24, 2.45) is 5.73 Å². The van der Waals surface area contributed by atoms with Gasteiger partial charge in [0.1, 0.15) is 0 Å². The zero-order valence-electron chi connectivity index (χ0n) is 8.16. The van der Waals surface area contributed by atoms with Gasteiger partial charge in [-0.2, -0.15) is 0 Å². The number of rotatable bonds is 1. The molecule has 2 N–H and O–H groups in total. The molecule has 2 heterocycles. The fourth-order valence-corrected chi connectivity index (χ4v) is 3.10. The Morgan fingerprint density at radius 3 is 2.08 bits per heavy atom. The molecule has 0 spiro atoms. The van der Waals surface area contributed by atoms with E-state index in [1.165, 1.54) is 25.7 Å². The molecule has 12 heavy (non-hydrogen) atoms. The third-order valence-corrected chi connectivity index (χ3v) is 3.42. The largest absolute Gasteiger partial charge is 0.328 e. The summed E-state index contributed by atoms with van der Waals surface area (Å²) in [5.41, 5.74) is 5.99. The molecular weight excluding hydrogens is 148 g/mol. The smallest absolute Gasteiger partial charge is 0.0116 e. The lowest BCUT2D eigenvalue weighted by Gasteiger charge is -2.40. The zero-order chi connectivity index (χ0) is 8.72. The quantitative estimate of drug-likeness (QED) is 0.640. The molecule has 0 saturated carbocycles. The molecule has 0 aromatic heterocycles. The van der Waals surface area contributed by atoms with Crippen molar-refractivity contribution in [1.29, 1.82) is 0 Å². The van der Waals surface area contributed by atoms with Crippen LogP contribution in [0.3, 0.4) is 0 Å². The van der Waals surface area contributed by atoms with Gasteiger partial charge in [-0.25, -0.2) is 0 Å². The van der Waals surface area contributed by atoms with E-state index < -0.39 is 0 Å². The van der Waals surface area contributed by atoms with E-state index in [9.17, 15) is 0 Å². The van der Waals surface area contributed by atoms with Crippen LogP contribution in [0.1, 0.15) is 39.5 Å². The van der Waals surface area contributed by atoms with Gasteiger partial charge in [-0.1, -0.05) is 0 Å². The highest BCUT2D eigenvalue weighted by Crippen LogP contribution is 2.36. The lowest BCUT2D eigenvalue weighted by atomic mass is 9.97. The van der Waals surface area contributed by atoms with Crippen LogP contribution in [0.25, 0.3) is 0 Å². The number of nitrogens with two attached hydrogens (primary N) is 1. The Labute approximate surface area is 75.1 Å². The van der Waals surface area contributed by atoms with Gasteiger partial charge in [0.05, 0.1) is 0 Å². The summed E-state index contributed by atoms with van der Waals surface area (Å²) >= 11 is 0. The summed E-state index contributed by atoms with van der Waals surface area (Å²) in [7, 11) is 0. The molecule has 70 valence electrons. The second-order valence-electron chi connectivity index (χ2n) is 4.66. The molecular formula is C10H20N2. The lowest BCUT2D eigenvalue weighted by Crippen LogP contribution is -2.50. The summed E-state index contributed by atoms with van der Waals surface area (Å²) in [5, 5.41) is 0. The molecule has 2 atom stereocenters. The Morgan fingerprint density at radius 1 is 1.17 bits per heavy atom. The minimum Gasteiger partial charge on any atom is -0.328 e. The van der Waals surface area contributed by atoms with Gasteiger partial charge in [0.25, 0.3) is 0 Å². The van der Waals surface area contributed by atoms with Crippen molar-refractivity contribution >= 4 is 0 Å². The van der Waals surface area contributed by atoms with Gasteiger partial charge in [0.15, 0.2) is 0 Å². The Hall–Kier alpha value is -0.0800. The van der Waals surface area contributed by atoms with Crippen LogP contribution in [0.15, 0.2) is 0 Å². The number of piperidine rings is 1. The van der Waals surface area contributed by atoms with Gasteiger partial charge >= 0.3 is 0 Å². The van der Waals surface area contributed by atoms with Crippen LogP contribution in [-0.4, -0.2) is 29.1 Å². The first kappa shape index (κ1) is 8.52. The van der Waals surface area contributed by atoms with Crippen molar-refractivity contribution in [3.63, 3.8) is 0 Å². The predicted molar refractivity (Wildman–Crippen MR) is 51.0 cm³/mol. The first-order valence-electron chi connectivity index (χ1n) is 5.21. The molecule has 2 saturated heterocycles. The zero-order valence-corrected chi connectivity index (χ0v) is 8.16. The number of hydrogen-bond donors (Lipinski definition) is 1. The van der Waals surface area contributed by atoms with Crippen molar-refractivity contribution < 1.29 is 0 Å². The van der Waals surface area contributed by atoms with Gasteiger partial charge in [-0.05, 0) is 39.5 Å². The van der Waals surface area contributed by atoms with Gasteiger partial charge in [0.2, 0.25) is 0 Å². The van der Waals surface area contributed by atoms with Crippen LogP contribution < -0.4 is 5.73 Å². The highest BCUT2D eigenvalue weighted by atomic mass is 15.2. The highest BCUT2D eigenvalue weighted by Gasteiger charge is 2.40. The van der Waals surface area contributed by atoms with E-state index in [4.69, 9.17) is 5.73 Å². The number of hydrogen-bond acceptors (Lipinski definition) is 2. The maximum atomic E-state index is 5.99. The molecule has 2 rings (SSSR count). The minimum absolute atomic E-state index is 0.484. The average Bonchev–Trinajstić information content (AvgIpc) is 2.24. The SMILES string of the molecule is CC(C)N1[C@H]2CC[C@H]1CC(N)C2. The molecule has 0 aromatic carbocycles. The van der Waals surface area contributed by atoms with Gasteiger partial charge in [0, 0.05) is 24.2 Å². The molecule has 0 aliphatic carbocycles. The summed E-state index contributed by atoms with van der Waals surface area (Å²) in [6.07, 6.45) is 5.23. The Bertz CT molecular complexity index is 153. The van der Waals surface area contributed by atoms with E-state index in [1.54, 1.807) is 0 Å². The van der Waals surface area contributed by atoms with Crippen LogP contribution in [0.5, 0.6) is 0 Å². The van der Waals surface area contributed by atoms with Crippen LogP contribution in [0.2, 0.25) is 0 Å². The first-order chi connectivity index (χ1) is 5.68. The fraction of sp³-hybridized carbons (Fsp3) is 1.00. The van der Waals surface area contributed by atoms with Crippen molar-refractivity contribution in [1.82, 2.24) is 4.90 Å². The summed E-state index contributed by atoms with van der Waals surface area (Å²) in [4.78, 5) is 2.68. The second-order valence-corrected chi connectivity index (χ2v) is 4.66. The van der Waals surface area contributed by atoms with Crippen LogP contribution >= 0.6 is 0 Å². The topological polar surface area (TPSA) is 29.3 Å².